The minimum Gasteiger partial charge on any atom is -0.496 e. The van der Waals surface area contributed by atoms with E-state index in [1.165, 1.54) is 0 Å². The monoisotopic (exact) mass is 368 g/mol. The van der Waals surface area contributed by atoms with E-state index in [0.29, 0.717) is 23.4 Å². The highest BCUT2D eigenvalue weighted by Gasteiger charge is 2.35. The number of ether oxygens (including phenoxy) is 2. The number of fused-ring (bicyclic) bond motifs is 1. The molecule has 27 heavy (non-hydrogen) atoms. The number of carbonyl (C=O) groups excluding carboxylic acids is 2. The van der Waals surface area contributed by atoms with Crippen LogP contribution in [0.25, 0.3) is 0 Å². The molecule has 0 aromatic heterocycles. The molecule has 0 saturated carbocycles. The predicted molar refractivity (Wildman–Crippen MR) is 103 cm³/mol. The Morgan fingerprint density at radius 3 is 2.74 bits per heavy atom. The van der Waals surface area contributed by atoms with Gasteiger partial charge in [-0.2, -0.15) is 0 Å². The van der Waals surface area contributed by atoms with E-state index in [9.17, 15) is 9.59 Å². The second-order valence-electron chi connectivity index (χ2n) is 7.17. The summed E-state index contributed by atoms with van der Waals surface area (Å²) in [7, 11) is 1.63. The van der Waals surface area contributed by atoms with Gasteiger partial charge in [-0.1, -0.05) is 18.2 Å². The minimum absolute atomic E-state index is 0.0883. The van der Waals surface area contributed by atoms with Crippen molar-refractivity contribution in [2.45, 2.75) is 38.8 Å². The van der Waals surface area contributed by atoms with E-state index in [1.54, 1.807) is 39.2 Å². The Labute approximate surface area is 158 Å². The number of benzene rings is 2. The molecular weight excluding hydrogens is 344 g/mol. The van der Waals surface area contributed by atoms with E-state index in [0.717, 1.165) is 11.3 Å². The fourth-order valence-electron chi connectivity index (χ4n) is 3.01. The Hall–Kier alpha value is -3.02. The van der Waals surface area contributed by atoms with Gasteiger partial charge in [-0.3, -0.25) is 9.59 Å². The maximum Gasteiger partial charge on any atom is 0.268 e. The molecule has 0 saturated heterocycles. The third kappa shape index (κ3) is 4.05. The number of rotatable bonds is 5. The lowest BCUT2D eigenvalue weighted by Crippen LogP contribution is -2.45. The smallest absolute Gasteiger partial charge is 0.268 e. The van der Waals surface area contributed by atoms with Crippen molar-refractivity contribution in [2.24, 2.45) is 0 Å². The zero-order chi connectivity index (χ0) is 19.6. The van der Waals surface area contributed by atoms with E-state index < -0.39 is 5.60 Å². The van der Waals surface area contributed by atoms with Crippen molar-refractivity contribution >= 4 is 17.5 Å². The summed E-state index contributed by atoms with van der Waals surface area (Å²) in [5.41, 5.74) is 1.06. The lowest BCUT2D eigenvalue weighted by atomic mass is 10.0. The molecule has 2 amide bonds. The number of carbonyl (C=O) groups is 2. The SMILES string of the molecule is COc1ccccc1CC(C)NC(=O)c1ccc2c(c1)NC(=O)C(C)(C)O2. The van der Waals surface area contributed by atoms with Crippen LogP contribution in [-0.4, -0.2) is 30.6 Å². The standard InChI is InChI=1S/C21H24N2O4/c1-13(11-14-7-5-6-8-17(14)26-4)22-19(24)15-9-10-18-16(12-15)23-20(25)21(2,3)27-18/h5-10,12-13H,11H2,1-4H3,(H,22,24)(H,23,25). The van der Waals surface area contributed by atoms with Crippen molar-refractivity contribution in [2.75, 3.05) is 12.4 Å². The van der Waals surface area contributed by atoms with Crippen molar-refractivity contribution in [3.63, 3.8) is 0 Å². The maximum atomic E-state index is 12.6. The molecule has 0 spiro atoms. The van der Waals surface area contributed by atoms with Crippen molar-refractivity contribution < 1.29 is 19.1 Å². The summed E-state index contributed by atoms with van der Waals surface area (Å²) < 4.78 is 11.1. The first-order chi connectivity index (χ1) is 12.8. The molecule has 1 heterocycles. The predicted octanol–water partition coefficient (Wildman–Crippen LogP) is 3.17. The van der Waals surface area contributed by atoms with E-state index in [1.807, 2.05) is 31.2 Å². The summed E-state index contributed by atoms with van der Waals surface area (Å²) in [6, 6.07) is 12.7. The molecule has 1 atom stereocenters. The fraction of sp³-hybridized carbons (Fsp3) is 0.333. The average Bonchev–Trinajstić information content (AvgIpc) is 2.62. The Bertz CT molecular complexity index is 876. The number of hydrogen-bond donors (Lipinski definition) is 2. The largest absolute Gasteiger partial charge is 0.496 e. The third-order valence-corrected chi connectivity index (χ3v) is 4.50. The van der Waals surface area contributed by atoms with Gasteiger partial charge in [0.05, 0.1) is 12.8 Å². The number of hydrogen-bond acceptors (Lipinski definition) is 4. The zero-order valence-corrected chi connectivity index (χ0v) is 16.0. The van der Waals surface area contributed by atoms with Gasteiger partial charge >= 0.3 is 0 Å². The maximum absolute atomic E-state index is 12.6. The molecule has 6 nitrogen and oxygen atoms in total. The number of para-hydroxylation sites is 1. The number of anilines is 1. The molecule has 2 aromatic carbocycles. The summed E-state index contributed by atoms with van der Waals surface area (Å²) >= 11 is 0. The van der Waals surface area contributed by atoms with Gasteiger partial charge in [-0.25, -0.2) is 0 Å². The van der Waals surface area contributed by atoms with Crippen molar-refractivity contribution in [3.05, 3.63) is 53.6 Å². The number of nitrogens with one attached hydrogen (secondary N) is 2. The van der Waals surface area contributed by atoms with Crippen LogP contribution in [0, 0.1) is 0 Å². The molecule has 0 fully saturated rings. The Morgan fingerprint density at radius 2 is 2.00 bits per heavy atom. The molecule has 3 rings (SSSR count). The van der Waals surface area contributed by atoms with Crippen LogP contribution in [0.2, 0.25) is 0 Å². The molecule has 1 aliphatic rings. The molecule has 2 aromatic rings. The van der Waals surface area contributed by atoms with Crippen molar-refractivity contribution in [1.29, 1.82) is 0 Å². The van der Waals surface area contributed by atoms with Gasteiger partial charge in [-0.05, 0) is 57.0 Å². The molecule has 1 aliphatic heterocycles. The highest BCUT2D eigenvalue weighted by Crippen LogP contribution is 2.34. The minimum atomic E-state index is -0.931. The van der Waals surface area contributed by atoms with Crippen LogP contribution < -0.4 is 20.1 Å². The molecule has 0 aliphatic carbocycles. The third-order valence-electron chi connectivity index (χ3n) is 4.50. The van der Waals surface area contributed by atoms with Crippen LogP contribution in [0.1, 0.15) is 36.7 Å². The van der Waals surface area contributed by atoms with Crippen LogP contribution in [0.4, 0.5) is 5.69 Å². The Morgan fingerprint density at radius 1 is 1.26 bits per heavy atom. The topological polar surface area (TPSA) is 76.7 Å². The van der Waals surface area contributed by atoms with Gasteiger partial charge in [0.15, 0.2) is 5.60 Å². The van der Waals surface area contributed by atoms with Gasteiger partial charge in [-0.15, -0.1) is 0 Å². The quantitative estimate of drug-likeness (QED) is 0.850. The Balaban J connectivity index is 1.70. The van der Waals surface area contributed by atoms with Gasteiger partial charge in [0.2, 0.25) is 0 Å². The van der Waals surface area contributed by atoms with Crippen LogP contribution in [0.15, 0.2) is 42.5 Å². The first-order valence-corrected chi connectivity index (χ1v) is 8.87. The number of amides is 2. The molecular formula is C21H24N2O4. The van der Waals surface area contributed by atoms with Crippen molar-refractivity contribution in [3.8, 4) is 11.5 Å². The van der Waals surface area contributed by atoms with E-state index in [4.69, 9.17) is 9.47 Å². The summed E-state index contributed by atoms with van der Waals surface area (Å²) in [6.07, 6.45) is 0.648. The van der Waals surface area contributed by atoms with Crippen LogP contribution >= 0.6 is 0 Å². The average molecular weight is 368 g/mol. The second-order valence-corrected chi connectivity index (χ2v) is 7.17. The Kier molecular flexibility index (Phi) is 5.08. The van der Waals surface area contributed by atoms with E-state index in [2.05, 4.69) is 10.6 Å². The van der Waals surface area contributed by atoms with Crippen molar-refractivity contribution in [1.82, 2.24) is 5.32 Å². The van der Waals surface area contributed by atoms with E-state index >= 15 is 0 Å². The normalized spacial score (nSPS) is 15.8. The van der Waals surface area contributed by atoms with Crippen LogP contribution in [0.3, 0.4) is 0 Å². The highest BCUT2D eigenvalue weighted by atomic mass is 16.5. The fourth-order valence-corrected chi connectivity index (χ4v) is 3.01. The molecule has 1 unspecified atom stereocenters. The molecule has 0 radical (unpaired) electrons. The summed E-state index contributed by atoms with van der Waals surface area (Å²) in [5.74, 6) is 0.907. The van der Waals surface area contributed by atoms with Gasteiger partial charge < -0.3 is 20.1 Å². The van der Waals surface area contributed by atoms with E-state index in [-0.39, 0.29) is 17.9 Å². The molecule has 0 bridgehead atoms. The lowest BCUT2D eigenvalue weighted by Gasteiger charge is -2.31. The van der Waals surface area contributed by atoms with Gasteiger partial charge in [0, 0.05) is 11.6 Å². The van der Waals surface area contributed by atoms with Crippen LogP contribution in [0.5, 0.6) is 11.5 Å². The van der Waals surface area contributed by atoms with Gasteiger partial charge in [0.25, 0.3) is 11.8 Å². The zero-order valence-electron chi connectivity index (χ0n) is 16.0. The molecule has 2 N–H and O–H groups in total. The first-order valence-electron chi connectivity index (χ1n) is 8.87. The van der Waals surface area contributed by atoms with Gasteiger partial charge in [0.1, 0.15) is 11.5 Å². The lowest BCUT2D eigenvalue weighted by molar-refractivity contribution is -0.129. The first kappa shape index (κ1) is 18.8. The summed E-state index contributed by atoms with van der Waals surface area (Å²) in [4.78, 5) is 24.7. The summed E-state index contributed by atoms with van der Waals surface area (Å²) in [6.45, 7) is 5.34. The highest BCUT2D eigenvalue weighted by molar-refractivity contribution is 6.02. The molecule has 142 valence electrons. The summed E-state index contributed by atoms with van der Waals surface area (Å²) in [5, 5.41) is 5.78. The van der Waals surface area contributed by atoms with Crippen LogP contribution in [-0.2, 0) is 11.2 Å². The number of methoxy groups -OCH3 is 1. The molecule has 6 heteroatoms. The second kappa shape index (κ2) is 7.31.